The summed E-state index contributed by atoms with van der Waals surface area (Å²) in [5, 5.41) is 6.66. The number of nitrogens with one attached hydrogen (secondary N) is 2. The number of nitrogens with two attached hydrogens (primary N) is 1. The Morgan fingerprint density at radius 1 is 1.37 bits per heavy atom. The van der Waals surface area contributed by atoms with E-state index in [9.17, 15) is 0 Å². The largest absolute Gasteiger partial charge is 0.368 e. The van der Waals surface area contributed by atoms with Gasteiger partial charge in [-0.15, -0.1) is 0 Å². The van der Waals surface area contributed by atoms with Crippen LogP contribution in [0.1, 0.15) is 26.5 Å². The lowest BCUT2D eigenvalue weighted by Gasteiger charge is -2.40. The molecule has 2 heterocycles. The molecule has 2 rings (SSSR count). The van der Waals surface area contributed by atoms with E-state index in [1.165, 1.54) is 0 Å². The van der Waals surface area contributed by atoms with Crippen LogP contribution in [0.4, 0.5) is 11.8 Å². The summed E-state index contributed by atoms with van der Waals surface area (Å²) in [6, 6.07) is 2.56. The van der Waals surface area contributed by atoms with Crippen LogP contribution in [0.15, 0.2) is 6.07 Å². The average Bonchev–Trinajstić information content (AvgIpc) is 2.23. The number of anilines is 2. The van der Waals surface area contributed by atoms with Crippen molar-refractivity contribution in [2.75, 3.05) is 30.8 Å². The van der Waals surface area contributed by atoms with E-state index in [2.05, 4.69) is 46.3 Å². The predicted octanol–water partition coefficient (Wildman–Crippen LogP) is 0.355. The molecule has 0 bridgehead atoms. The van der Waals surface area contributed by atoms with Crippen LogP contribution in [0.5, 0.6) is 0 Å². The van der Waals surface area contributed by atoms with Crippen molar-refractivity contribution in [1.82, 2.24) is 20.6 Å². The lowest BCUT2D eigenvalue weighted by molar-refractivity contribution is 0.420. The van der Waals surface area contributed by atoms with Gasteiger partial charge in [-0.25, -0.2) is 4.98 Å². The lowest BCUT2D eigenvalue weighted by atomic mass is 10.1. The van der Waals surface area contributed by atoms with Crippen molar-refractivity contribution < 1.29 is 0 Å². The number of hydrogen-bond acceptors (Lipinski definition) is 6. The minimum Gasteiger partial charge on any atom is -0.368 e. The highest BCUT2D eigenvalue weighted by atomic mass is 15.3. The molecule has 1 aliphatic heterocycles. The van der Waals surface area contributed by atoms with Gasteiger partial charge in [0.25, 0.3) is 0 Å². The third-order valence-corrected chi connectivity index (χ3v) is 3.20. The first-order chi connectivity index (χ1) is 8.87. The van der Waals surface area contributed by atoms with E-state index in [0.717, 1.165) is 24.6 Å². The molecule has 19 heavy (non-hydrogen) atoms. The Hall–Kier alpha value is -1.40. The molecular formula is C13H24N6. The van der Waals surface area contributed by atoms with Gasteiger partial charge in [-0.2, -0.15) is 4.98 Å². The van der Waals surface area contributed by atoms with Gasteiger partial charge in [-0.3, -0.25) is 0 Å². The molecule has 6 nitrogen and oxygen atoms in total. The Balaban J connectivity index is 2.03. The van der Waals surface area contributed by atoms with Gasteiger partial charge in [-0.05, 0) is 27.8 Å². The van der Waals surface area contributed by atoms with Crippen molar-refractivity contribution in [3.63, 3.8) is 0 Å². The molecule has 0 radical (unpaired) electrons. The first kappa shape index (κ1) is 14.0. The van der Waals surface area contributed by atoms with E-state index in [-0.39, 0.29) is 5.54 Å². The molecule has 0 spiro atoms. The van der Waals surface area contributed by atoms with Crippen molar-refractivity contribution in [3.8, 4) is 0 Å². The molecule has 1 saturated heterocycles. The highest BCUT2D eigenvalue weighted by Crippen LogP contribution is 2.20. The monoisotopic (exact) mass is 264 g/mol. The highest BCUT2D eigenvalue weighted by Gasteiger charge is 2.26. The zero-order valence-corrected chi connectivity index (χ0v) is 12.2. The van der Waals surface area contributed by atoms with Crippen molar-refractivity contribution in [3.05, 3.63) is 11.8 Å². The van der Waals surface area contributed by atoms with Gasteiger partial charge in [0.2, 0.25) is 5.95 Å². The van der Waals surface area contributed by atoms with Gasteiger partial charge >= 0.3 is 0 Å². The normalized spacial score (nSPS) is 16.5. The smallest absolute Gasteiger partial charge is 0.222 e. The summed E-state index contributed by atoms with van der Waals surface area (Å²) in [7, 11) is 1.98. The molecule has 0 amide bonds. The molecule has 0 atom stereocenters. The summed E-state index contributed by atoms with van der Waals surface area (Å²) in [6.07, 6.45) is 0. The lowest BCUT2D eigenvalue weighted by Crippen LogP contribution is -2.57. The van der Waals surface area contributed by atoms with Gasteiger partial charge in [0, 0.05) is 37.3 Å². The maximum Gasteiger partial charge on any atom is 0.222 e. The van der Waals surface area contributed by atoms with Crippen molar-refractivity contribution in [2.45, 2.75) is 38.9 Å². The van der Waals surface area contributed by atoms with Crippen molar-refractivity contribution in [2.24, 2.45) is 0 Å². The standard InChI is InChI=1S/C13H24N6/c1-13(2,3)16-6-9-5-11(18-12(14)17-9)19-7-10(8-19)15-4/h5,10,15-16H,6-8H2,1-4H3,(H2,14,17,18). The number of hydrogen-bond donors (Lipinski definition) is 3. The van der Waals surface area contributed by atoms with Crippen LogP contribution < -0.4 is 21.3 Å². The maximum atomic E-state index is 5.79. The summed E-state index contributed by atoms with van der Waals surface area (Å²) in [4.78, 5) is 10.8. The van der Waals surface area contributed by atoms with Gasteiger partial charge < -0.3 is 21.3 Å². The van der Waals surface area contributed by atoms with E-state index >= 15 is 0 Å². The fourth-order valence-corrected chi connectivity index (χ4v) is 1.96. The second-order valence-electron chi connectivity index (χ2n) is 6.07. The quantitative estimate of drug-likeness (QED) is 0.728. The van der Waals surface area contributed by atoms with Gasteiger partial charge in [0.15, 0.2) is 0 Å². The number of nitrogen functional groups attached to an aromatic ring is 1. The van der Waals surface area contributed by atoms with Crippen LogP contribution in [-0.2, 0) is 6.54 Å². The van der Waals surface area contributed by atoms with E-state index in [4.69, 9.17) is 5.73 Å². The number of likely N-dealkylation sites (N-methyl/N-ethyl adjacent to an activating group) is 1. The maximum absolute atomic E-state index is 5.79. The Morgan fingerprint density at radius 3 is 2.63 bits per heavy atom. The molecule has 1 aromatic heterocycles. The van der Waals surface area contributed by atoms with Crippen LogP contribution in [0.25, 0.3) is 0 Å². The second kappa shape index (κ2) is 5.30. The van der Waals surface area contributed by atoms with Crippen molar-refractivity contribution >= 4 is 11.8 Å². The Bertz CT molecular complexity index is 433. The number of aromatic nitrogens is 2. The van der Waals surface area contributed by atoms with E-state index < -0.39 is 0 Å². The molecule has 0 saturated carbocycles. The minimum absolute atomic E-state index is 0.0633. The number of rotatable bonds is 4. The summed E-state index contributed by atoms with van der Waals surface area (Å²) < 4.78 is 0. The fraction of sp³-hybridized carbons (Fsp3) is 0.692. The summed E-state index contributed by atoms with van der Waals surface area (Å²) in [5.41, 5.74) is 6.79. The SMILES string of the molecule is CNC1CN(c2cc(CNC(C)(C)C)nc(N)n2)C1. The number of nitrogens with zero attached hydrogens (tertiary/aromatic N) is 3. The fourth-order valence-electron chi connectivity index (χ4n) is 1.96. The molecule has 6 heteroatoms. The first-order valence-corrected chi connectivity index (χ1v) is 6.68. The van der Waals surface area contributed by atoms with Gasteiger partial charge in [0.05, 0.1) is 5.69 Å². The topological polar surface area (TPSA) is 79.1 Å². The average molecular weight is 264 g/mol. The molecule has 0 unspecified atom stereocenters. The third-order valence-electron chi connectivity index (χ3n) is 3.20. The molecule has 0 aliphatic carbocycles. The second-order valence-corrected chi connectivity index (χ2v) is 6.07. The van der Waals surface area contributed by atoms with Crippen LogP contribution in [0.3, 0.4) is 0 Å². The molecule has 1 aromatic rings. The molecule has 1 fully saturated rings. The van der Waals surface area contributed by atoms with Crippen molar-refractivity contribution in [1.29, 1.82) is 0 Å². The van der Waals surface area contributed by atoms with Gasteiger partial charge in [0.1, 0.15) is 5.82 Å². The van der Waals surface area contributed by atoms with Crippen LogP contribution in [0, 0.1) is 0 Å². The summed E-state index contributed by atoms with van der Waals surface area (Å²) in [6.45, 7) is 9.03. The summed E-state index contributed by atoms with van der Waals surface area (Å²) in [5.74, 6) is 1.26. The van der Waals surface area contributed by atoms with Crippen LogP contribution in [0.2, 0.25) is 0 Å². The third kappa shape index (κ3) is 3.78. The molecule has 0 aromatic carbocycles. The summed E-state index contributed by atoms with van der Waals surface area (Å²) >= 11 is 0. The molecular weight excluding hydrogens is 240 g/mol. The molecule has 4 N–H and O–H groups in total. The Labute approximate surface area is 114 Å². The zero-order valence-electron chi connectivity index (χ0n) is 12.2. The van der Waals surface area contributed by atoms with E-state index in [1.54, 1.807) is 0 Å². The predicted molar refractivity (Wildman–Crippen MR) is 78.1 cm³/mol. The Morgan fingerprint density at radius 2 is 2.05 bits per heavy atom. The highest BCUT2D eigenvalue weighted by molar-refractivity contribution is 5.46. The zero-order chi connectivity index (χ0) is 14.0. The minimum atomic E-state index is 0.0633. The van der Waals surface area contributed by atoms with Crippen LogP contribution in [-0.4, -0.2) is 41.7 Å². The van der Waals surface area contributed by atoms with E-state index in [1.807, 2.05) is 13.1 Å². The van der Waals surface area contributed by atoms with Crippen LogP contribution >= 0.6 is 0 Å². The van der Waals surface area contributed by atoms with E-state index in [0.29, 0.717) is 18.5 Å². The molecule has 1 aliphatic rings. The Kier molecular flexibility index (Phi) is 3.91. The molecule has 106 valence electrons. The first-order valence-electron chi connectivity index (χ1n) is 6.68. The van der Waals surface area contributed by atoms with Gasteiger partial charge in [-0.1, -0.05) is 0 Å².